The molecule has 0 spiro atoms. The molecule has 0 saturated carbocycles. The molecule has 0 aliphatic heterocycles. The molecule has 0 heterocycles. The van der Waals surface area contributed by atoms with E-state index in [0.717, 1.165) is 7.11 Å². The molecule has 12 heavy (non-hydrogen) atoms. The van der Waals surface area contributed by atoms with Crippen LogP contribution in [0.3, 0.4) is 0 Å². The van der Waals surface area contributed by atoms with E-state index in [1.54, 1.807) is 18.2 Å². The summed E-state index contributed by atoms with van der Waals surface area (Å²) in [6.07, 6.45) is 0. The molecule has 0 saturated heterocycles. The summed E-state index contributed by atoms with van der Waals surface area (Å²) in [5.74, 6) is 0. The molecule has 1 aromatic carbocycles. The monoisotopic (exact) mass is 214 g/mol. The summed E-state index contributed by atoms with van der Waals surface area (Å²) in [7, 11) is -2.36. The van der Waals surface area contributed by atoms with Gasteiger partial charge in [0.25, 0.3) is 10.1 Å². The number of benzene rings is 1. The summed E-state index contributed by atoms with van der Waals surface area (Å²) < 4.78 is 26.3. The Morgan fingerprint density at radius 3 is 2.08 bits per heavy atom. The molecule has 0 aromatic heterocycles. The zero-order chi connectivity index (χ0) is 8.32. The second-order valence-electron chi connectivity index (χ2n) is 1.93. The van der Waals surface area contributed by atoms with Gasteiger partial charge < -0.3 is 0 Å². The summed E-state index contributed by atoms with van der Waals surface area (Å²) in [5, 5.41) is 0. The fourth-order valence-electron chi connectivity index (χ4n) is 0.683. The van der Waals surface area contributed by atoms with Crippen LogP contribution in [0.15, 0.2) is 35.2 Å². The number of hydrogen-bond acceptors (Lipinski definition) is 3. The third-order valence-corrected chi connectivity index (χ3v) is 2.54. The van der Waals surface area contributed by atoms with E-state index in [9.17, 15) is 8.42 Å². The third-order valence-electron chi connectivity index (χ3n) is 1.25. The normalized spacial score (nSPS) is 10.4. The van der Waals surface area contributed by atoms with E-state index in [4.69, 9.17) is 0 Å². The fraction of sp³-hybridized carbons (Fsp3) is 0.143. The van der Waals surface area contributed by atoms with Crippen LogP contribution in [0.4, 0.5) is 0 Å². The first kappa shape index (κ1) is 12.4. The van der Waals surface area contributed by atoms with Crippen molar-refractivity contribution in [2.24, 2.45) is 0 Å². The van der Waals surface area contributed by atoms with E-state index in [1.165, 1.54) is 12.1 Å². The Kier molecular flexibility index (Phi) is 5.36. The van der Waals surface area contributed by atoms with Gasteiger partial charge in [-0.1, -0.05) is 18.2 Å². The Morgan fingerprint density at radius 2 is 1.67 bits per heavy atom. The minimum absolute atomic E-state index is 0. The van der Waals surface area contributed by atoms with Crippen LogP contribution >= 0.6 is 0 Å². The van der Waals surface area contributed by atoms with Crippen LogP contribution in [-0.4, -0.2) is 53.3 Å². The molecule has 5 heteroatoms. The predicted octanol–water partition coefficient (Wildman–Crippen LogP) is 0.106. The van der Waals surface area contributed by atoms with Crippen molar-refractivity contribution < 1.29 is 12.6 Å². The van der Waals surface area contributed by atoms with Crippen molar-refractivity contribution in [2.45, 2.75) is 4.90 Å². The molecule has 0 amide bonds. The van der Waals surface area contributed by atoms with Crippen LogP contribution in [-0.2, 0) is 14.3 Å². The van der Waals surface area contributed by atoms with E-state index in [2.05, 4.69) is 4.18 Å². The van der Waals surface area contributed by atoms with Gasteiger partial charge in [0.1, 0.15) is 0 Å². The molecule has 0 aliphatic rings. The van der Waals surface area contributed by atoms with Crippen molar-refractivity contribution in [3.63, 3.8) is 0 Å². The maximum absolute atomic E-state index is 11.0. The van der Waals surface area contributed by atoms with Crippen LogP contribution < -0.4 is 0 Å². The Hall–Kier alpha value is 0.390. The van der Waals surface area contributed by atoms with Gasteiger partial charge in [-0.15, -0.1) is 0 Å². The van der Waals surface area contributed by atoms with Crippen LogP contribution in [0.1, 0.15) is 0 Å². The molecule has 0 fully saturated rings. The molecular weight excluding hydrogens is 204 g/mol. The van der Waals surface area contributed by atoms with Gasteiger partial charge in [0.2, 0.25) is 0 Å². The first-order valence-electron chi connectivity index (χ1n) is 3.02. The van der Waals surface area contributed by atoms with Gasteiger partial charge in [-0.25, -0.2) is 0 Å². The van der Waals surface area contributed by atoms with Crippen molar-refractivity contribution in [3.05, 3.63) is 30.3 Å². The molecule has 0 bridgehead atoms. The van der Waals surface area contributed by atoms with Crippen molar-refractivity contribution in [1.29, 1.82) is 0 Å². The van der Waals surface area contributed by atoms with Crippen LogP contribution in [0.2, 0.25) is 0 Å². The first-order valence-corrected chi connectivity index (χ1v) is 4.43. The SMILES string of the molecule is COS(=O)(=O)c1ccccc1.[CaH2]. The Labute approximate surface area is 102 Å². The van der Waals surface area contributed by atoms with Gasteiger partial charge in [0, 0.05) is 0 Å². The summed E-state index contributed by atoms with van der Waals surface area (Å²) in [5.41, 5.74) is 0. The van der Waals surface area contributed by atoms with Gasteiger partial charge in [0.15, 0.2) is 0 Å². The van der Waals surface area contributed by atoms with Crippen molar-refractivity contribution in [3.8, 4) is 0 Å². The van der Waals surface area contributed by atoms with Crippen molar-refractivity contribution in [2.75, 3.05) is 7.11 Å². The summed E-state index contributed by atoms with van der Waals surface area (Å²) in [4.78, 5) is 0.183. The molecule has 0 aliphatic carbocycles. The first-order chi connectivity index (χ1) is 5.17. The van der Waals surface area contributed by atoms with E-state index < -0.39 is 10.1 Å². The molecule has 0 radical (unpaired) electrons. The zero-order valence-corrected chi connectivity index (χ0v) is 6.84. The molecule has 0 unspecified atom stereocenters. The quantitative estimate of drug-likeness (QED) is 0.518. The Balaban J connectivity index is 0.00000121. The Bertz CT molecular complexity index is 320. The fourth-order valence-corrected chi connectivity index (χ4v) is 1.37. The maximum atomic E-state index is 11.0. The minimum atomic E-state index is -3.50. The summed E-state index contributed by atoms with van der Waals surface area (Å²) in [6.45, 7) is 0. The van der Waals surface area contributed by atoms with Gasteiger partial charge in [-0.3, -0.25) is 4.18 Å². The Morgan fingerprint density at radius 1 is 1.17 bits per heavy atom. The second kappa shape index (κ2) is 5.19. The second-order valence-corrected chi connectivity index (χ2v) is 3.65. The van der Waals surface area contributed by atoms with Crippen LogP contribution in [0, 0.1) is 0 Å². The van der Waals surface area contributed by atoms with Crippen molar-refractivity contribution >= 4 is 47.9 Å². The molecule has 1 rings (SSSR count). The summed E-state index contributed by atoms with van der Waals surface area (Å²) in [6, 6.07) is 8.00. The average Bonchev–Trinajstić information content (AvgIpc) is 2.06. The van der Waals surface area contributed by atoms with Crippen LogP contribution in [0.5, 0.6) is 0 Å². The third kappa shape index (κ3) is 3.03. The predicted molar refractivity (Wildman–Crippen MR) is 49.2 cm³/mol. The van der Waals surface area contributed by atoms with Crippen LogP contribution in [0.25, 0.3) is 0 Å². The molecule has 1 aromatic rings. The molecule has 0 atom stereocenters. The topological polar surface area (TPSA) is 43.4 Å². The van der Waals surface area contributed by atoms with E-state index in [-0.39, 0.29) is 42.6 Å². The van der Waals surface area contributed by atoms with Crippen molar-refractivity contribution in [1.82, 2.24) is 0 Å². The zero-order valence-electron chi connectivity index (χ0n) is 6.02. The standard InChI is InChI=1S/C7H8O3S.Ca.2H/c1-10-11(8,9)7-5-3-2-4-6-7;;;/h2-6H,1H3;;;. The number of hydrogen-bond donors (Lipinski definition) is 0. The van der Waals surface area contributed by atoms with Gasteiger partial charge in [0.05, 0.1) is 12.0 Å². The average molecular weight is 214 g/mol. The van der Waals surface area contributed by atoms with Gasteiger partial charge >= 0.3 is 37.7 Å². The molecular formula is C7H10CaO3S. The van der Waals surface area contributed by atoms with E-state index in [0.29, 0.717) is 0 Å². The van der Waals surface area contributed by atoms with E-state index >= 15 is 0 Å². The van der Waals surface area contributed by atoms with Gasteiger partial charge in [-0.2, -0.15) is 8.42 Å². The molecule has 0 N–H and O–H groups in total. The number of rotatable bonds is 2. The van der Waals surface area contributed by atoms with Gasteiger partial charge in [-0.05, 0) is 12.1 Å². The molecule has 3 nitrogen and oxygen atoms in total. The van der Waals surface area contributed by atoms with E-state index in [1.807, 2.05) is 0 Å². The summed E-state index contributed by atoms with van der Waals surface area (Å²) >= 11 is 0. The molecule has 64 valence electrons.